The Hall–Kier alpha value is -3.19. The number of aryl methyl sites for hydroxylation is 1. The standard InChI is InChI=1S/C23H25FN2O4/c1-14-12-17(15(2)26(14)20-9-7-6-8-19(20)24)13-18-21(23(28)30-5)16(3)25(22(18)27)10-11-29-4/h6-9,12-13H,10-11H2,1-5H3/b18-13-. The van der Waals surface area contributed by atoms with Gasteiger partial charge in [-0.05, 0) is 50.6 Å². The number of ether oxygens (including phenoxy) is 2. The van der Waals surface area contributed by atoms with Gasteiger partial charge in [0.05, 0.1) is 30.6 Å². The third kappa shape index (κ3) is 3.68. The number of rotatable bonds is 6. The number of methoxy groups -OCH3 is 2. The second kappa shape index (κ2) is 8.67. The Kier molecular flexibility index (Phi) is 6.22. The van der Waals surface area contributed by atoms with E-state index < -0.39 is 5.97 Å². The maximum absolute atomic E-state index is 14.4. The molecule has 6 nitrogen and oxygen atoms in total. The van der Waals surface area contributed by atoms with Crippen LogP contribution in [0.25, 0.3) is 11.8 Å². The zero-order valence-corrected chi connectivity index (χ0v) is 17.8. The van der Waals surface area contributed by atoms with Crippen molar-refractivity contribution in [1.82, 2.24) is 9.47 Å². The number of halogens is 1. The second-order valence-electron chi connectivity index (χ2n) is 7.07. The lowest BCUT2D eigenvalue weighted by Crippen LogP contribution is -2.28. The number of para-hydroxylation sites is 1. The number of amides is 1. The number of hydrogen-bond donors (Lipinski definition) is 0. The molecular weight excluding hydrogens is 387 g/mol. The van der Waals surface area contributed by atoms with E-state index in [1.807, 2.05) is 19.9 Å². The van der Waals surface area contributed by atoms with Gasteiger partial charge in [-0.1, -0.05) is 12.1 Å². The minimum absolute atomic E-state index is 0.231. The Morgan fingerprint density at radius 2 is 1.87 bits per heavy atom. The Morgan fingerprint density at radius 3 is 2.50 bits per heavy atom. The summed E-state index contributed by atoms with van der Waals surface area (Å²) >= 11 is 0. The molecule has 0 spiro atoms. The second-order valence-corrected chi connectivity index (χ2v) is 7.07. The molecule has 0 saturated heterocycles. The third-order valence-corrected chi connectivity index (χ3v) is 5.28. The van der Waals surface area contributed by atoms with Gasteiger partial charge in [-0.3, -0.25) is 4.79 Å². The van der Waals surface area contributed by atoms with Gasteiger partial charge in [0.1, 0.15) is 5.82 Å². The van der Waals surface area contributed by atoms with Crippen LogP contribution in [0, 0.1) is 19.7 Å². The zero-order valence-electron chi connectivity index (χ0n) is 17.8. The Bertz CT molecular complexity index is 1070. The smallest absolute Gasteiger partial charge is 0.340 e. The van der Waals surface area contributed by atoms with Gasteiger partial charge in [0.15, 0.2) is 0 Å². The zero-order chi connectivity index (χ0) is 22.0. The molecular formula is C23H25FN2O4. The van der Waals surface area contributed by atoms with Crippen molar-refractivity contribution < 1.29 is 23.5 Å². The first-order chi connectivity index (χ1) is 14.3. The van der Waals surface area contributed by atoms with Gasteiger partial charge in [-0.15, -0.1) is 0 Å². The summed E-state index contributed by atoms with van der Waals surface area (Å²) in [6.45, 7) is 6.09. The molecule has 0 bridgehead atoms. The van der Waals surface area contributed by atoms with Crippen molar-refractivity contribution >= 4 is 18.0 Å². The summed E-state index contributed by atoms with van der Waals surface area (Å²) in [5.74, 6) is -1.21. The molecule has 0 unspecified atom stereocenters. The fourth-order valence-electron chi connectivity index (χ4n) is 3.77. The Balaban J connectivity index is 2.12. The predicted molar refractivity (Wildman–Crippen MR) is 111 cm³/mol. The SMILES string of the molecule is COCCN1C(=O)/C(=C\c2cc(C)n(-c3ccccc3F)c2C)C(C(=O)OC)=C1C. The lowest BCUT2D eigenvalue weighted by atomic mass is 10.0. The topological polar surface area (TPSA) is 60.8 Å². The maximum atomic E-state index is 14.4. The predicted octanol–water partition coefficient (Wildman–Crippen LogP) is 3.55. The molecule has 30 heavy (non-hydrogen) atoms. The van der Waals surface area contributed by atoms with E-state index in [0.29, 0.717) is 24.5 Å². The fraction of sp³-hybridized carbons (Fsp3) is 0.304. The number of carbonyl (C=O) groups excluding carboxylic acids is 2. The van der Waals surface area contributed by atoms with Gasteiger partial charge < -0.3 is 18.9 Å². The van der Waals surface area contributed by atoms with E-state index in [4.69, 9.17) is 9.47 Å². The van der Waals surface area contributed by atoms with E-state index in [2.05, 4.69) is 0 Å². The van der Waals surface area contributed by atoms with Crippen molar-refractivity contribution in [2.75, 3.05) is 27.4 Å². The lowest BCUT2D eigenvalue weighted by molar-refractivity contribution is -0.136. The van der Waals surface area contributed by atoms with E-state index in [1.165, 1.54) is 18.1 Å². The first-order valence-corrected chi connectivity index (χ1v) is 9.57. The molecule has 0 atom stereocenters. The summed E-state index contributed by atoms with van der Waals surface area (Å²) in [5.41, 5.74) is 3.73. The molecule has 1 amide bonds. The molecule has 0 radical (unpaired) electrons. The van der Waals surface area contributed by atoms with Crippen molar-refractivity contribution in [2.45, 2.75) is 20.8 Å². The molecule has 0 N–H and O–H groups in total. The average Bonchev–Trinajstić information content (AvgIpc) is 3.13. The van der Waals surface area contributed by atoms with E-state index in [0.717, 1.165) is 17.0 Å². The van der Waals surface area contributed by atoms with Gasteiger partial charge >= 0.3 is 5.97 Å². The van der Waals surface area contributed by atoms with Gasteiger partial charge in [0.25, 0.3) is 5.91 Å². The van der Waals surface area contributed by atoms with Gasteiger partial charge in [0.2, 0.25) is 0 Å². The highest BCUT2D eigenvalue weighted by Gasteiger charge is 2.37. The Labute approximate surface area is 175 Å². The molecule has 158 valence electrons. The van der Waals surface area contributed by atoms with Crippen LogP contribution in [0.1, 0.15) is 23.9 Å². The van der Waals surface area contributed by atoms with Gasteiger partial charge in [-0.25, -0.2) is 9.18 Å². The number of hydrogen-bond acceptors (Lipinski definition) is 4. The normalized spacial score (nSPS) is 15.5. The van der Waals surface area contributed by atoms with Crippen molar-refractivity contribution in [3.63, 3.8) is 0 Å². The van der Waals surface area contributed by atoms with Crippen molar-refractivity contribution in [2.24, 2.45) is 0 Å². The highest BCUT2D eigenvalue weighted by molar-refractivity contribution is 6.16. The van der Waals surface area contributed by atoms with E-state index in [-0.39, 0.29) is 22.9 Å². The van der Waals surface area contributed by atoms with Crippen molar-refractivity contribution in [3.05, 3.63) is 69.9 Å². The molecule has 1 aliphatic rings. The summed E-state index contributed by atoms with van der Waals surface area (Å²) in [7, 11) is 2.84. The van der Waals surface area contributed by atoms with Gasteiger partial charge in [0, 0.05) is 30.7 Å². The fourth-order valence-corrected chi connectivity index (χ4v) is 3.77. The molecule has 1 aromatic carbocycles. The van der Waals surface area contributed by atoms with E-state index in [9.17, 15) is 14.0 Å². The number of carbonyl (C=O) groups is 2. The van der Waals surface area contributed by atoms with Crippen LogP contribution < -0.4 is 0 Å². The highest BCUT2D eigenvalue weighted by atomic mass is 19.1. The molecule has 3 rings (SSSR count). The van der Waals surface area contributed by atoms with Crippen LogP contribution in [0.4, 0.5) is 4.39 Å². The number of allylic oxidation sites excluding steroid dienone is 1. The van der Waals surface area contributed by atoms with Crippen LogP contribution in [-0.2, 0) is 19.1 Å². The Morgan fingerprint density at radius 1 is 1.17 bits per heavy atom. The quantitative estimate of drug-likeness (QED) is 0.538. The minimum atomic E-state index is -0.574. The molecule has 0 aliphatic carbocycles. The number of benzene rings is 1. The minimum Gasteiger partial charge on any atom is -0.465 e. The van der Waals surface area contributed by atoms with Crippen LogP contribution in [0.15, 0.2) is 47.2 Å². The van der Waals surface area contributed by atoms with E-state index >= 15 is 0 Å². The largest absolute Gasteiger partial charge is 0.465 e. The van der Waals surface area contributed by atoms with Crippen molar-refractivity contribution in [3.8, 4) is 5.69 Å². The van der Waals surface area contributed by atoms with Crippen LogP contribution in [0.3, 0.4) is 0 Å². The monoisotopic (exact) mass is 412 g/mol. The first kappa shape index (κ1) is 21.5. The van der Waals surface area contributed by atoms with Crippen molar-refractivity contribution in [1.29, 1.82) is 0 Å². The maximum Gasteiger partial charge on any atom is 0.340 e. The highest BCUT2D eigenvalue weighted by Crippen LogP contribution is 2.33. The third-order valence-electron chi connectivity index (χ3n) is 5.28. The molecule has 1 aliphatic heterocycles. The summed E-state index contributed by atoms with van der Waals surface area (Å²) in [5, 5.41) is 0. The number of nitrogens with zero attached hydrogens (tertiary/aromatic N) is 2. The summed E-state index contributed by atoms with van der Waals surface area (Å²) in [6, 6.07) is 8.37. The van der Waals surface area contributed by atoms with Crippen LogP contribution in [-0.4, -0.2) is 48.7 Å². The average molecular weight is 412 g/mol. The van der Waals surface area contributed by atoms with Crippen LogP contribution >= 0.6 is 0 Å². The molecule has 1 aromatic heterocycles. The molecule has 0 saturated carbocycles. The first-order valence-electron chi connectivity index (χ1n) is 9.57. The molecule has 0 fully saturated rings. The van der Waals surface area contributed by atoms with Crippen LogP contribution in [0.2, 0.25) is 0 Å². The molecule has 7 heteroatoms. The summed E-state index contributed by atoms with van der Waals surface area (Å²) < 4.78 is 26.2. The van der Waals surface area contributed by atoms with Gasteiger partial charge in [-0.2, -0.15) is 0 Å². The number of esters is 1. The van der Waals surface area contributed by atoms with Crippen LogP contribution in [0.5, 0.6) is 0 Å². The van der Waals surface area contributed by atoms with E-state index in [1.54, 1.807) is 42.9 Å². The molecule has 2 heterocycles. The lowest BCUT2D eigenvalue weighted by Gasteiger charge is -2.16. The summed E-state index contributed by atoms with van der Waals surface area (Å²) in [6.07, 6.45) is 1.67. The summed E-state index contributed by atoms with van der Waals surface area (Å²) in [4.78, 5) is 27.0. The molecule has 2 aromatic rings. The number of aromatic nitrogens is 1.